The predicted octanol–water partition coefficient (Wildman–Crippen LogP) is 2.05. The zero-order valence-electron chi connectivity index (χ0n) is 15.9. The summed E-state index contributed by atoms with van der Waals surface area (Å²) in [5.41, 5.74) is 0.730. The Kier molecular flexibility index (Phi) is 5.18. The maximum Gasteiger partial charge on any atom is 0.254 e. The number of hydrogen-bond donors (Lipinski definition) is 0. The van der Waals surface area contributed by atoms with E-state index >= 15 is 0 Å². The van der Waals surface area contributed by atoms with Gasteiger partial charge in [-0.05, 0) is 36.8 Å². The molecule has 0 bridgehead atoms. The van der Waals surface area contributed by atoms with Gasteiger partial charge in [-0.25, -0.2) is 12.8 Å². The first-order chi connectivity index (χ1) is 13.9. The maximum atomic E-state index is 13.8. The molecule has 0 radical (unpaired) electrons. The summed E-state index contributed by atoms with van der Waals surface area (Å²) in [6.45, 7) is 3.23. The van der Waals surface area contributed by atoms with Gasteiger partial charge in [-0.3, -0.25) is 4.79 Å². The molecule has 1 amide bonds. The highest BCUT2D eigenvalue weighted by Gasteiger charge is 2.31. The Morgan fingerprint density at radius 3 is 2.34 bits per heavy atom. The van der Waals surface area contributed by atoms with Crippen molar-refractivity contribution in [3.63, 3.8) is 0 Å². The van der Waals surface area contributed by atoms with Crippen molar-refractivity contribution in [2.75, 3.05) is 39.4 Å². The molecule has 0 saturated carbocycles. The predicted molar refractivity (Wildman–Crippen MR) is 103 cm³/mol. The molecule has 2 heterocycles. The Morgan fingerprint density at radius 2 is 1.66 bits per heavy atom. The minimum atomic E-state index is -3.72. The van der Waals surface area contributed by atoms with E-state index in [1.165, 1.54) is 22.5 Å². The van der Waals surface area contributed by atoms with Gasteiger partial charge in [-0.2, -0.15) is 4.31 Å². The van der Waals surface area contributed by atoms with Gasteiger partial charge in [0.2, 0.25) is 10.0 Å². The summed E-state index contributed by atoms with van der Waals surface area (Å²) in [6.07, 6.45) is 0. The van der Waals surface area contributed by atoms with Crippen molar-refractivity contribution in [1.29, 1.82) is 0 Å². The first-order valence-electron chi connectivity index (χ1n) is 9.31. The number of fused-ring (bicyclic) bond motifs is 1. The van der Waals surface area contributed by atoms with E-state index < -0.39 is 15.8 Å². The van der Waals surface area contributed by atoms with Gasteiger partial charge < -0.3 is 14.4 Å². The normalized spacial score (nSPS) is 17.2. The van der Waals surface area contributed by atoms with Crippen molar-refractivity contribution in [1.82, 2.24) is 9.21 Å². The molecular formula is C20H21FN2O5S. The van der Waals surface area contributed by atoms with Gasteiger partial charge in [-0.1, -0.05) is 6.07 Å². The Bertz CT molecular complexity index is 1050. The average Bonchev–Trinajstić information content (AvgIpc) is 2.75. The van der Waals surface area contributed by atoms with Gasteiger partial charge >= 0.3 is 0 Å². The second-order valence-electron chi connectivity index (χ2n) is 6.97. The van der Waals surface area contributed by atoms with Gasteiger partial charge in [0.1, 0.15) is 19.0 Å². The first-order valence-corrected chi connectivity index (χ1v) is 10.8. The maximum absolute atomic E-state index is 13.8. The number of hydrogen-bond acceptors (Lipinski definition) is 5. The van der Waals surface area contributed by atoms with E-state index in [-0.39, 0.29) is 42.5 Å². The molecule has 9 heteroatoms. The third kappa shape index (κ3) is 3.79. The number of rotatable bonds is 3. The molecule has 0 unspecified atom stereocenters. The number of carbonyl (C=O) groups excluding carboxylic acids is 1. The Hall–Kier alpha value is -2.65. The van der Waals surface area contributed by atoms with E-state index in [0.717, 1.165) is 0 Å². The van der Waals surface area contributed by atoms with Gasteiger partial charge in [0.15, 0.2) is 11.5 Å². The number of ether oxygens (including phenoxy) is 2. The van der Waals surface area contributed by atoms with Crippen LogP contribution in [0.15, 0.2) is 41.3 Å². The van der Waals surface area contributed by atoms with Crippen LogP contribution in [-0.4, -0.2) is 62.9 Å². The number of benzene rings is 2. The lowest BCUT2D eigenvalue weighted by Crippen LogP contribution is -2.50. The quantitative estimate of drug-likeness (QED) is 0.760. The van der Waals surface area contributed by atoms with E-state index in [1.807, 2.05) is 0 Å². The van der Waals surface area contributed by atoms with Crippen molar-refractivity contribution >= 4 is 15.9 Å². The second-order valence-corrected chi connectivity index (χ2v) is 8.90. The minimum absolute atomic E-state index is 0.127. The lowest BCUT2D eigenvalue weighted by Gasteiger charge is -2.34. The standard InChI is InChI=1S/C20H21FN2O5S/c1-14-2-3-15(12-17(14)21)20(24)22-6-8-23(9-7-22)29(25,26)16-4-5-18-19(13-16)28-11-10-27-18/h2-5,12-13H,6-11H2,1H3. The van der Waals surface area contributed by atoms with Crippen LogP contribution in [0.2, 0.25) is 0 Å². The monoisotopic (exact) mass is 420 g/mol. The fourth-order valence-corrected chi connectivity index (χ4v) is 4.81. The number of carbonyl (C=O) groups is 1. The van der Waals surface area contributed by atoms with Crippen LogP contribution in [0.25, 0.3) is 0 Å². The van der Waals surface area contributed by atoms with E-state index in [1.54, 1.807) is 30.0 Å². The molecule has 0 N–H and O–H groups in total. The van der Waals surface area contributed by atoms with E-state index in [2.05, 4.69) is 0 Å². The van der Waals surface area contributed by atoms with Gasteiger partial charge in [-0.15, -0.1) is 0 Å². The first kappa shape index (κ1) is 19.7. The smallest absolute Gasteiger partial charge is 0.254 e. The van der Waals surface area contributed by atoms with Crippen molar-refractivity contribution in [3.05, 3.63) is 53.3 Å². The Labute approximate surface area is 168 Å². The summed E-state index contributed by atoms with van der Waals surface area (Å²) in [6, 6.07) is 8.92. The molecule has 0 spiro atoms. The summed E-state index contributed by atoms with van der Waals surface area (Å²) in [5.74, 6) is 0.194. The highest BCUT2D eigenvalue weighted by molar-refractivity contribution is 7.89. The van der Waals surface area contributed by atoms with Crippen LogP contribution in [0.1, 0.15) is 15.9 Å². The molecule has 154 valence electrons. The summed E-state index contributed by atoms with van der Waals surface area (Å²) in [4.78, 5) is 14.3. The topological polar surface area (TPSA) is 76.2 Å². The van der Waals surface area contributed by atoms with Crippen LogP contribution in [0.5, 0.6) is 11.5 Å². The minimum Gasteiger partial charge on any atom is -0.486 e. The number of sulfonamides is 1. The lowest BCUT2D eigenvalue weighted by atomic mass is 10.1. The summed E-state index contributed by atoms with van der Waals surface area (Å²) in [5, 5.41) is 0. The van der Waals surface area contributed by atoms with E-state index in [4.69, 9.17) is 9.47 Å². The fourth-order valence-electron chi connectivity index (χ4n) is 3.37. The highest BCUT2D eigenvalue weighted by Crippen LogP contribution is 2.33. The summed E-state index contributed by atoms with van der Waals surface area (Å²) >= 11 is 0. The number of amides is 1. The molecule has 4 rings (SSSR count). The Morgan fingerprint density at radius 1 is 0.966 bits per heavy atom. The SMILES string of the molecule is Cc1ccc(C(=O)N2CCN(S(=O)(=O)c3ccc4c(c3)OCCO4)CC2)cc1F. The lowest BCUT2D eigenvalue weighted by molar-refractivity contribution is 0.0697. The number of halogens is 1. The summed E-state index contributed by atoms with van der Waals surface area (Å²) in [7, 11) is -3.72. The summed E-state index contributed by atoms with van der Waals surface area (Å²) < 4.78 is 52.0. The van der Waals surface area contributed by atoms with Gasteiger partial charge in [0, 0.05) is 37.8 Å². The molecule has 0 aliphatic carbocycles. The van der Waals surface area contributed by atoms with E-state index in [0.29, 0.717) is 30.3 Å². The van der Waals surface area contributed by atoms with Crippen molar-refractivity contribution in [3.8, 4) is 11.5 Å². The molecule has 0 aromatic heterocycles. The molecule has 0 atom stereocenters. The van der Waals surface area contributed by atoms with E-state index in [9.17, 15) is 17.6 Å². The van der Waals surface area contributed by atoms with Crippen LogP contribution >= 0.6 is 0 Å². The largest absolute Gasteiger partial charge is 0.486 e. The Balaban J connectivity index is 1.46. The fraction of sp³-hybridized carbons (Fsp3) is 0.350. The van der Waals surface area contributed by atoms with Crippen LogP contribution in [0, 0.1) is 12.7 Å². The zero-order valence-corrected chi connectivity index (χ0v) is 16.7. The molecule has 7 nitrogen and oxygen atoms in total. The second kappa shape index (κ2) is 7.64. The molecule has 2 aromatic rings. The molecule has 2 aromatic carbocycles. The third-order valence-electron chi connectivity index (χ3n) is 5.10. The van der Waals surface area contributed by atoms with Gasteiger partial charge in [0.05, 0.1) is 4.90 Å². The van der Waals surface area contributed by atoms with Gasteiger partial charge in [0.25, 0.3) is 5.91 Å². The average molecular weight is 420 g/mol. The molecule has 2 aliphatic rings. The van der Waals surface area contributed by atoms with Crippen LogP contribution < -0.4 is 9.47 Å². The highest BCUT2D eigenvalue weighted by atomic mass is 32.2. The zero-order chi connectivity index (χ0) is 20.6. The molecule has 29 heavy (non-hydrogen) atoms. The van der Waals surface area contributed by atoms with Crippen molar-refractivity contribution in [2.24, 2.45) is 0 Å². The molecule has 1 saturated heterocycles. The third-order valence-corrected chi connectivity index (χ3v) is 6.99. The number of piperazine rings is 1. The molecule has 2 aliphatic heterocycles. The number of nitrogens with zero attached hydrogens (tertiary/aromatic N) is 2. The van der Waals surface area contributed by atoms with Crippen LogP contribution in [0.3, 0.4) is 0 Å². The van der Waals surface area contributed by atoms with Crippen LogP contribution in [-0.2, 0) is 10.0 Å². The van der Waals surface area contributed by atoms with Crippen LogP contribution in [0.4, 0.5) is 4.39 Å². The number of aryl methyl sites for hydroxylation is 1. The molecular weight excluding hydrogens is 399 g/mol. The van der Waals surface area contributed by atoms with Crippen molar-refractivity contribution in [2.45, 2.75) is 11.8 Å². The van der Waals surface area contributed by atoms with Crippen molar-refractivity contribution < 1.29 is 27.1 Å². The molecule has 1 fully saturated rings.